The highest BCUT2D eigenvalue weighted by molar-refractivity contribution is 7.89. The standard InChI is InChI=1S/C23H33N3O4S2/c1-6-23(4,5)25-22(28)21(17(2)3)26(16-18-11-10-14-31-18)20(27)15-24-32(29,30)19-12-8-7-9-13-19/h7-14,17,21,24H,6,15-16H2,1-5H3,(H,25,28)/t21-/m1/s1. The number of sulfonamides is 1. The molecule has 0 fully saturated rings. The Labute approximate surface area is 195 Å². The summed E-state index contributed by atoms with van der Waals surface area (Å²) >= 11 is 1.48. The summed E-state index contributed by atoms with van der Waals surface area (Å²) in [6.45, 7) is 9.40. The number of hydrogen-bond donors (Lipinski definition) is 2. The molecule has 1 aromatic heterocycles. The Morgan fingerprint density at radius 3 is 2.28 bits per heavy atom. The van der Waals surface area contributed by atoms with Gasteiger partial charge in [-0.15, -0.1) is 11.3 Å². The van der Waals surface area contributed by atoms with Crippen LogP contribution in [0.3, 0.4) is 0 Å². The van der Waals surface area contributed by atoms with Crippen LogP contribution in [0.2, 0.25) is 0 Å². The second-order valence-electron chi connectivity index (χ2n) is 8.65. The first kappa shape index (κ1) is 26.0. The minimum Gasteiger partial charge on any atom is -0.349 e. The summed E-state index contributed by atoms with van der Waals surface area (Å²) < 4.78 is 27.5. The van der Waals surface area contributed by atoms with Gasteiger partial charge >= 0.3 is 0 Å². The van der Waals surface area contributed by atoms with E-state index in [1.54, 1.807) is 18.2 Å². The van der Waals surface area contributed by atoms with E-state index in [0.717, 1.165) is 11.3 Å². The molecule has 0 saturated heterocycles. The van der Waals surface area contributed by atoms with Crippen molar-refractivity contribution in [3.8, 4) is 0 Å². The molecule has 0 aliphatic heterocycles. The van der Waals surface area contributed by atoms with Gasteiger partial charge in [0.05, 0.1) is 18.0 Å². The van der Waals surface area contributed by atoms with E-state index in [9.17, 15) is 18.0 Å². The van der Waals surface area contributed by atoms with E-state index in [0.29, 0.717) is 0 Å². The lowest BCUT2D eigenvalue weighted by molar-refractivity contribution is -0.142. The molecule has 2 N–H and O–H groups in total. The molecule has 32 heavy (non-hydrogen) atoms. The molecule has 2 aromatic rings. The average Bonchev–Trinajstić information content (AvgIpc) is 3.25. The van der Waals surface area contributed by atoms with Crippen molar-refractivity contribution in [1.82, 2.24) is 14.9 Å². The summed E-state index contributed by atoms with van der Waals surface area (Å²) in [4.78, 5) is 28.9. The number of amides is 2. The molecule has 2 rings (SSSR count). The number of carbonyl (C=O) groups excluding carboxylic acids is 2. The lowest BCUT2D eigenvalue weighted by Gasteiger charge is -2.36. The fourth-order valence-electron chi connectivity index (χ4n) is 3.15. The Balaban J connectivity index is 2.27. The number of hydrogen-bond acceptors (Lipinski definition) is 5. The molecule has 0 bridgehead atoms. The summed E-state index contributed by atoms with van der Waals surface area (Å²) in [5.41, 5.74) is -0.420. The van der Waals surface area contributed by atoms with Gasteiger partial charge in [-0.1, -0.05) is 45.0 Å². The number of thiophene rings is 1. The Kier molecular flexibility index (Phi) is 9.00. The summed E-state index contributed by atoms with van der Waals surface area (Å²) in [6.07, 6.45) is 0.735. The van der Waals surface area contributed by atoms with Crippen molar-refractivity contribution in [3.63, 3.8) is 0 Å². The van der Waals surface area contributed by atoms with Crippen LogP contribution in [0.5, 0.6) is 0 Å². The maximum absolute atomic E-state index is 13.3. The first-order chi connectivity index (χ1) is 15.0. The van der Waals surface area contributed by atoms with Crippen molar-refractivity contribution in [3.05, 3.63) is 52.7 Å². The van der Waals surface area contributed by atoms with Crippen LogP contribution in [0.4, 0.5) is 0 Å². The summed E-state index contributed by atoms with van der Waals surface area (Å²) in [7, 11) is -3.85. The zero-order chi connectivity index (χ0) is 23.9. The number of benzene rings is 1. The molecular formula is C23H33N3O4S2. The van der Waals surface area contributed by atoms with Gasteiger partial charge in [0.25, 0.3) is 0 Å². The quantitative estimate of drug-likeness (QED) is 0.516. The maximum atomic E-state index is 13.3. The molecule has 1 heterocycles. The molecular weight excluding hydrogens is 446 g/mol. The lowest BCUT2D eigenvalue weighted by Crippen LogP contribution is -2.57. The molecule has 0 radical (unpaired) electrons. The third-order valence-corrected chi connectivity index (χ3v) is 7.55. The molecule has 1 atom stereocenters. The van der Waals surface area contributed by atoms with Gasteiger partial charge in [-0.05, 0) is 49.8 Å². The van der Waals surface area contributed by atoms with Crippen molar-refractivity contribution < 1.29 is 18.0 Å². The minimum atomic E-state index is -3.85. The van der Waals surface area contributed by atoms with Crippen molar-refractivity contribution in [1.29, 1.82) is 0 Å². The second-order valence-corrected chi connectivity index (χ2v) is 11.5. The van der Waals surface area contributed by atoms with Crippen LogP contribution >= 0.6 is 11.3 Å². The highest BCUT2D eigenvalue weighted by Crippen LogP contribution is 2.20. The first-order valence-corrected chi connectivity index (χ1v) is 13.0. The van der Waals surface area contributed by atoms with Gasteiger partial charge in [0.2, 0.25) is 21.8 Å². The van der Waals surface area contributed by atoms with Crippen molar-refractivity contribution in [2.45, 2.75) is 64.1 Å². The van der Waals surface area contributed by atoms with Crippen LogP contribution in [0.1, 0.15) is 45.9 Å². The Bertz CT molecular complexity index is 988. The average molecular weight is 480 g/mol. The zero-order valence-electron chi connectivity index (χ0n) is 19.3. The van der Waals surface area contributed by atoms with Crippen LogP contribution in [0.25, 0.3) is 0 Å². The number of nitrogens with zero attached hydrogens (tertiary/aromatic N) is 1. The summed E-state index contributed by atoms with van der Waals surface area (Å²) in [6, 6.07) is 10.9. The highest BCUT2D eigenvalue weighted by atomic mass is 32.2. The van der Waals surface area contributed by atoms with Crippen molar-refractivity contribution >= 4 is 33.2 Å². The van der Waals surface area contributed by atoms with E-state index in [1.165, 1.54) is 28.4 Å². The zero-order valence-corrected chi connectivity index (χ0v) is 20.9. The Morgan fingerprint density at radius 1 is 1.09 bits per heavy atom. The second kappa shape index (κ2) is 11.1. The third kappa shape index (κ3) is 7.15. The molecule has 0 spiro atoms. The topological polar surface area (TPSA) is 95.6 Å². The molecule has 0 aliphatic rings. The highest BCUT2D eigenvalue weighted by Gasteiger charge is 2.35. The van der Waals surface area contributed by atoms with Gasteiger partial charge < -0.3 is 10.2 Å². The van der Waals surface area contributed by atoms with Crippen molar-refractivity contribution in [2.24, 2.45) is 5.92 Å². The molecule has 7 nitrogen and oxygen atoms in total. The molecule has 0 aliphatic carbocycles. The third-order valence-electron chi connectivity index (χ3n) is 5.27. The Morgan fingerprint density at radius 2 is 1.75 bits per heavy atom. The molecule has 0 saturated carbocycles. The van der Waals surface area contributed by atoms with Gasteiger partial charge in [0.15, 0.2) is 0 Å². The van der Waals surface area contributed by atoms with Crippen LogP contribution in [-0.2, 0) is 26.2 Å². The number of rotatable bonds is 11. The smallest absolute Gasteiger partial charge is 0.243 e. The van der Waals surface area contributed by atoms with E-state index in [2.05, 4.69) is 10.0 Å². The van der Waals surface area contributed by atoms with E-state index in [1.807, 2.05) is 52.1 Å². The molecule has 0 unspecified atom stereocenters. The van der Waals surface area contributed by atoms with Crippen LogP contribution in [0.15, 0.2) is 52.7 Å². The molecule has 1 aromatic carbocycles. The summed E-state index contributed by atoms with van der Waals surface area (Å²) in [5.74, 6) is -0.874. The maximum Gasteiger partial charge on any atom is 0.243 e. The van der Waals surface area contributed by atoms with E-state index >= 15 is 0 Å². The monoisotopic (exact) mass is 479 g/mol. The minimum absolute atomic E-state index is 0.0838. The van der Waals surface area contributed by atoms with Crippen LogP contribution in [-0.4, -0.2) is 43.3 Å². The van der Waals surface area contributed by atoms with Gasteiger partial charge in [-0.2, -0.15) is 0 Å². The van der Waals surface area contributed by atoms with E-state index < -0.39 is 34.1 Å². The van der Waals surface area contributed by atoms with Gasteiger partial charge in [0.1, 0.15) is 6.04 Å². The molecule has 2 amide bonds. The molecule has 9 heteroatoms. The predicted molar refractivity (Wildman–Crippen MR) is 128 cm³/mol. The van der Waals surface area contributed by atoms with Gasteiger partial charge in [0, 0.05) is 10.4 Å². The fourth-order valence-corrected chi connectivity index (χ4v) is 4.85. The predicted octanol–water partition coefficient (Wildman–Crippen LogP) is 3.38. The van der Waals surface area contributed by atoms with Crippen LogP contribution in [0, 0.1) is 5.92 Å². The first-order valence-electron chi connectivity index (χ1n) is 10.7. The summed E-state index contributed by atoms with van der Waals surface area (Å²) in [5, 5.41) is 4.94. The van der Waals surface area contributed by atoms with Crippen LogP contribution < -0.4 is 10.0 Å². The van der Waals surface area contributed by atoms with Gasteiger partial charge in [-0.3, -0.25) is 9.59 Å². The number of nitrogens with one attached hydrogen (secondary N) is 2. The molecule has 176 valence electrons. The normalized spacial score (nSPS) is 13.1. The van der Waals surface area contributed by atoms with E-state index in [-0.39, 0.29) is 23.3 Å². The lowest BCUT2D eigenvalue weighted by atomic mass is 9.97. The van der Waals surface area contributed by atoms with E-state index in [4.69, 9.17) is 0 Å². The van der Waals surface area contributed by atoms with Gasteiger partial charge in [-0.25, -0.2) is 13.1 Å². The van der Waals surface area contributed by atoms with Crippen molar-refractivity contribution in [2.75, 3.05) is 6.54 Å². The Hall–Kier alpha value is -2.23. The SMILES string of the molecule is CCC(C)(C)NC(=O)[C@@H](C(C)C)N(Cc1cccs1)C(=O)CNS(=O)(=O)c1ccccc1. The largest absolute Gasteiger partial charge is 0.349 e. The number of carbonyl (C=O) groups is 2. The fraction of sp³-hybridized carbons (Fsp3) is 0.478.